The van der Waals surface area contributed by atoms with Crippen molar-refractivity contribution in [2.24, 2.45) is 0 Å². The number of halogens is 3. The minimum absolute atomic E-state index is 0.0932. The largest absolute Gasteiger partial charge is 0.350 e. The maximum absolute atomic E-state index is 13.0. The predicted molar refractivity (Wildman–Crippen MR) is 69.4 cm³/mol. The molecule has 0 aliphatic rings. The van der Waals surface area contributed by atoms with Crippen LogP contribution in [-0.4, -0.2) is 17.3 Å². The van der Waals surface area contributed by atoms with E-state index in [1.165, 1.54) is 18.2 Å². The number of hydrogen-bond donors (Lipinski definition) is 1. The van der Waals surface area contributed by atoms with Gasteiger partial charge < -0.3 is 5.32 Å². The third-order valence-corrected chi connectivity index (χ3v) is 3.17. The van der Waals surface area contributed by atoms with Crippen LogP contribution in [0.4, 0.5) is 4.39 Å². The number of alkyl halides is 1. The van der Waals surface area contributed by atoms with Crippen LogP contribution in [0.2, 0.25) is 0 Å². The summed E-state index contributed by atoms with van der Waals surface area (Å²) in [7, 11) is 0. The molecule has 0 saturated heterocycles. The Bertz CT molecular complexity index is 384. The highest BCUT2D eigenvalue weighted by atomic mass is 79.9. The van der Waals surface area contributed by atoms with Gasteiger partial charge in [-0.15, -0.1) is 0 Å². The first-order valence-corrected chi connectivity index (χ1v) is 6.78. The zero-order valence-corrected chi connectivity index (χ0v) is 11.9. The molecule has 0 radical (unpaired) electrons. The molecule has 0 fully saturated rings. The van der Waals surface area contributed by atoms with Gasteiger partial charge in [-0.1, -0.05) is 15.9 Å². The van der Waals surface area contributed by atoms with Crippen LogP contribution < -0.4 is 5.32 Å². The highest BCUT2D eigenvalue weighted by Crippen LogP contribution is 2.16. The number of rotatable bonds is 4. The molecule has 0 aliphatic heterocycles. The molecule has 2 nitrogen and oxygen atoms in total. The first-order valence-electron chi connectivity index (χ1n) is 4.86. The van der Waals surface area contributed by atoms with Crippen LogP contribution in [0.3, 0.4) is 0 Å². The van der Waals surface area contributed by atoms with E-state index in [1.807, 2.05) is 6.92 Å². The van der Waals surface area contributed by atoms with Crippen LogP contribution in [0.25, 0.3) is 0 Å². The fourth-order valence-corrected chi connectivity index (χ4v) is 2.25. The van der Waals surface area contributed by atoms with Gasteiger partial charge in [-0.25, -0.2) is 4.39 Å². The molecule has 1 rings (SSSR count). The molecule has 16 heavy (non-hydrogen) atoms. The highest BCUT2D eigenvalue weighted by Gasteiger charge is 2.10. The summed E-state index contributed by atoms with van der Waals surface area (Å²) in [5.41, 5.74) is 0.453. The monoisotopic (exact) mass is 351 g/mol. The highest BCUT2D eigenvalue weighted by molar-refractivity contribution is 9.10. The first-order chi connectivity index (χ1) is 7.54. The Morgan fingerprint density at radius 2 is 2.25 bits per heavy atom. The Balaban J connectivity index is 2.69. The van der Waals surface area contributed by atoms with Crippen molar-refractivity contribution in [1.29, 1.82) is 0 Å². The molecule has 0 aromatic heterocycles. The summed E-state index contributed by atoms with van der Waals surface area (Å²) in [4.78, 5) is 11.7. The van der Waals surface area contributed by atoms with E-state index in [9.17, 15) is 9.18 Å². The van der Waals surface area contributed by atoms with Gasteiger partial charge in [-0.3, -0.25) is 4.79 Å². The molecule has 1 amide bonds. The lowest BCUT2D eigenvalue weighted by atomic mass is 10.2. The molecule has 5 heteroatoms. The summed E-state index contributed by atoms with van der Waals surface area (Å²) in [5.74, 6) is -0.556. The molecule has 0 spiro atoms. The molecule has 0 heterocycles. The number of amides is 1. The summed E-state index contributed by atoms with van der Waals surface area (Å²) >= 11 is 6.36. The van der Waals surface area contributed by atoms with Crippen LogP contribution in [0.5, 0.6) is 0 Å². The second kappa shape index (κ2) is 6.35. The molecule has 0 aliphatic carbocycles. The van der Waals surface area contributed by atoms with Crippen molar-refractivity contribution in [1.82, 2.24) is 5.32 Å². The van der Waals surface area contributed by atoms with E-state index in [1.54, 1.807) is 0 Å². The summed E-state index contributed by atoms with van der Waals surface area (Å²) in [6.07, 6.45) is 0.855. The summed E-state index contributed by atoms with van der Waals surface area (Å²) in [6, 6.07) is 4.31. The molecule has 0 bridgehead atoms. The van der Waals surface area contributed by atoms with E-state index in [0.717, 1.165) is 11.8 Å². The van der Waals surface area contributed by atoms with Crippen molar-refractivity contribution in [3.05, 3.63) is 34.1 Å². The smallest absolute Gasteiger partial charge is 0.251 e. The van der Waals surface area contributed by atoms with E-state index in [4.69, 9.17) is 0 Å². The predicted octanol–water partition coefficient (Wildman–Crippen LogP) is 3.49. The van der Waals surface area contributed by atoms with Crippen LogP contribution in [0.1, 0.15) is 23.7 Å². The minimum Gasteiger partial charge on any atom is -0.350 e. The second-order valence-electron chi connectivity index (χ2n) is 3.48. The lowest BCUT2D eigenvalue weighted by molar-refractivity contribution is 0.0939. The third-order valence-electron chi connectivity index (χ3n) is 2.10. The molecule has 1 unspecified atom stereocenters. The number of benzene rings is 1. The van der Waals surface area contributed by atoms with E-state index < -0.39 is 0 Å². The lowest BCUT2D eigenvalue weighted by Gasteiger charge is -2.12. The molecule has 1 aromatic rings. The normalized spacial score (nSPS) is 12.2. The van der Waals surface area contributed by atoms with Gasteiger partial charge in [0.25, 0.3) is 5.91 Å². The maximum atomic E-state index is 13.0. The zero-order chi connectivity index (χ0) is 12.1. The first kappa shape index (κ1) is 13.6. The van der Waals surface area contributed by atoms with Crippen molar-refractivity contribution in [2.45, 2.75) is 19.4 Å². The standard InChI is InChI=1S/C11H12Br2FNO/c1-7(4-5-12)15-11(16)8-2-3-10(14)9(13)6-8/h2-3,6-7H,4-5H2,1H3,(H,15,16). The lowest BCUT2D eigenvalue weighted by Crippen LogP contribution is -2.32. The summed E-state index contributed by atoms with van der Waals surface area (Å²) in [5, 5.41) is 3.67. The fourth-order valence-electron chi connectivity index (χ4n) is 1.18. The Morgan fingerprint density at radius 1 is 1.56 bits per heavy atom. The van der Waals surface area contributed by atoms with Crippen molar-refractivity contribution in [2.75, 3.05) is 5.33 Å². The van der Waals surface area contributed by atoms with Gasteiger partial charge in [0.05, 0.1) is 4.47 Å². The average Bonchev–Trinajstić information content (AvgIpc) is 2.22. The molecule has 88 valence electrons. The van der Waals surface area contributed by atoms with Crippen LogP contribution >= 0.6 is 31.9 Å². The molecular formula is C11H12Br2FNO. The van der Waals surface area contributed by atoms with E-state index in [2.05, 4.69) is 37.2 Å². The Kier molecular flexibility index (Phi) is 5.41. The van der Waals surface area contributed by atoms with E-state index in [0.29, 0.717) is 10.0 Å². The molecule has 1 atom stereocenters. The van der Waals surface area contributed by atoms with Gasteiger partial charge >= 0.3 is 0 Å². The van der Waals surface area contributed by atoms with Crippen molar-refractivity contribution in [3.8, 4) is 0 Å². The maximum Gasteiger partial charge on any atom is 0.251 e. The molecule has 1 aromatic carbocycles. The van der Waals surface area contributed by atoms with Gasteiger partial charge in [0.2, 0.25) is 0 Å². The van der Waals surface area contributed by atoms with Crippen LogP contribution in [0, 0.1) is 5.82 Å². The Labute approximate surface area is 111 Å². The van der Waals surface area contributed by atoms with Gasteiger partial charge in [-0.2, -0.15) is 0 Å². The van der Waals surface area contributed by atoms with E-state index in [-0.39, 0.29) is 17.8 Å². The van der Waals surface area contributed by atoms with Crippen LogP contribution in [-0.2, 0) is 0 Å². The van der Waals surface area contributed by atoms with Crippen molar-refractivity contribution in [3.63, 3.8) is 0 Å². The number of hydrogen-bond acceptors (Lipinski definition) is 1. The third kappa shape index (κ3) is 3.87. The summed E-state index contributed by atoms with van der Waals surface area (Å²) < 4.78 is 13.3. The number of carbonyl (C=O) groups excluding carboxylic acids is 1. The zero-order valence-electron chi connectivity index (χ0n) is 8.77. The van der Waals surface area contributed by atoms with Gasteiger partial charge in [0.15, 0.2) is 0 Å². The van der Waals surface area contributed by atoms with Crippen LogP contribution in [0.15, 0.2) is 22.7 Å². The Morgan fingerprint density at radius 3 is 2.81 bits per heavy atom. The summed E-state index contributed by atoms with van der Waals surface area (Å²) in [6.45, 7) is 1.93. The van der Waals surface area contributed by atoms with Crippen molar-refractivity contribution >= 4 is 37.8 Å². The van der Waals surface area contributed by atoms with Gasteiger partial charge in [0.1, 0.15) is 5.82 Å². The van der Waals surface area contributed by atoms with Gasteiger partial charge in [0, 0.05) is 16.9 Å². The SMILES string of the molecule is CC(CCBr)NC(=O)c1ccc(F)c(Br)c1. The minimum atomic E-state index is -0.370. The number of carbonyl (C=O) groups is 1. The van der Waals surface area contributed by atoms with E-state index >= 15 is 0 Å². The second-order valence-corrected chi connectivity index (χ2v) is 5.13. The topological polar surface area (TPSA) is 29.1 Å². The fraction of sp³-hybridized carbons (Fsp3) is 0.364. The molecule has 1 N–H and O–H groups in total. The molecule has 0 saturated carbocycles. The average molecular weight is 353 g/mol. The Hall–Kier alpha value is -0.420. The van der Waals surface area contributed by atoms with Gasteiger partial charge in [-0.05, 0) is 47.5 Å². The van der Waals surface area contributed by atoms with Crippen molar-refractivity contribution < 1.29 is 9.18 Å². The molecular weight excluding hydrogens is 341 g/mol. The quantitative estimate of drug-likeness (QED) is 0.825. The number of nitrogens with one attached hydrogen (secondary N) is 1.